The predicted octanol–water partition coefficient (Wildman–Crippen LogP) is 8.04. The van der Waals surface area contributed by atoms with Gasteiger partial charge in [0.1, 0.15) is 6.67 Å². The van der Waals surface area contributed by atoms with Gasteiger partial charge < -0.3 is 5.32 Å². The molecule has 1 unspecified atom stereocenters. The molecule has 0 saturated heterocycles. The van der Waals surface area contributed by atoms with E-state index in [-0.39, 0.29) is 12.1 Å². The fourth-order valence-electron chi connectivity index (χ4n) is 3.94. The van der Waals surface area contributed by atoms with Crippen LogP contribution in [0.1, 0.15) is 42.6 Å². The Bertz CT molecular complexity index is 1150. The fourth-order valence-corrected chi connectivity index (χ4v) is 4.14. The summed E-state index contributed by atoms with van der Waals surface area (Å²) in [6.45, 7) is 3.89. The van der Waals surface area contributed by atoms with Crippen LogP contribution in [0.25, 0.3) is 21.9 Å². The van der Waals surface area contributed by atoms with Crippen LogP contribution in [0.15, 0.2) is 84.9 Å². The number of fused-ring (bicyclic) bond motifs is 1. The maximum absolute atomic E-state index is 13.0. The third-order valence-electron chi connectivity index (χ3n) is 5.65. The number of benzene rings is 4. The van der Waals surface area contributed by atoms with Crippen LogP contribution >= 0.6 is 11.6 Å². The third kappa shape index (κ3) is 4.40. The average Bonchev–Trinajstić information content (AvgIpc) is 2.78. The quantitative estimate of drug-likeness (QED) is 0.334. The summed E-state index contributed by atoms with van der Waals surface area (Å²) in [6, 6.07) is 28.9. The van der Waals surface area contributed by atoms with E-state index >= 15 is 0 Å². The number of hydrogen-bond donors (Lipinski definition) is 1. The molecule has 0 amide bonds. The first kappa shape index (κ1) is 20.6. The Morgan fingerprint density at radius 1 is 0.800 bits per heavy atom. The highest BCUT2D eigenvalue weighted by Gasteiger charge is 2.14. The van der Waals surface area contributed by atoms with E-state index in [1.807, 2.05) is 42.5 Å². The molecule has 152 valence electrons. The molecule has 0 aliphatic rings. The fraction of sp³-hybridized carbons (Fsp3) is 0.185. The molecular formula is C27H25ClFN. The zero-order chi connectivity index (χ0) is 21.1. The molecule has 0 heterocycles. The Morgan fingerprint density at radius 3 is 2.27 bits per heavy atom. The lowest BCUT2D eigenvalue weighted by atomic mass is 9.93. The van der Waals surface area contributed by atoms with Gasteiger partial charge in [-0.1, -0.05) is 72.3 Å². The second-order valence-electron chi connectivity index (χ2n) is 7.79. The highest BCUT2D eigenvalue weighted by molar-refractivity contribution is 6.30. The monoisotopic (exact) mass is 417 g/mol. The van der Waals surface area contributed by atoms with E-state index in [0.29, 0.717) is 5.56 Å². The Kier molecular flexibility index (Phi) is 6.17. The summed E-state index contributed by atoms with van der Waals surface area (Å²) in [4.78, 5) is 0. The van der Waals surface area contributed by atoms with Crippen molar-refractivity contribution in [2.75, 3.05) is 0 Å². The SMILES string of the molecule is CC(N[C@H](C)c1cccc(Cl)c1)c1cc(-c2ccc(CF)cc2)c2ccccc2c1. The second kappa shape index (κ2) is 8.99. The van der Waals surface area contributed by atoms with Gasteiger partial charge in [0.05, 0.1) is 0 Å². The minimum atomic E-state index is -0.441. The maximum atomic E-state index is 13.0. The van der Waals surface area contributed by atoms with Gasteiger partial charge in [0.15, 0.2) is 0 Å². The molecule has 3 heteroatoms. The third-order valence-corrected chi connectivity index (χ3v) is 5.89. The molecule has 4 rings (SSSR count). The van der Waals surface area contributed by atoms with E-state index in [2.05, 4.69) is 61.6 Å². The summed E-state index contributed by atoms with van der Waals surface area (Å²) in [5, 5.41) is 6.84. The molecule has 0 fully saturated rings. The minimum Gasteiger partial charge on any atom is -0.304 e. The van der Waals surface area contributed by atoms with Crippen LogP contribution in [0.2, 0.25) is 5.02 Å². The topological polar surface area (TPSA) is 12.0 Å². The first-order valence-electron chi connectivity index (χ1n) is 10.2. The summed E-state index contributed by atoms with van der Waals surface area (Å²) < 4.78 is 13.0. The van der Waals surface area contributed by atoms with Crippen molar-refractivity contribution in [3.8, 4) is 11.1 Å². The van der Waals surface area contributed by atoms with Gasteiger partial charge in [-0.3, -0.25) is 0 Å². The molecular weight excluding hydrogens is 393 g/mol. The van der Waals surface area contributed by atoms with E-state index in [0.717, 1.165) is 21.7 Å². The number of halogens is 2. The highest BCUT2D eigenvalue weighted by atomic mass is 35.5. The van der Waals surface area contributed by atoms with E-state index in [1.54, 1.807) is 0 Å². The van der Waals surface area contributed by atoms with Crippen LogP contribution in [0, 0.1) is 0 Å². The van der Waals surface area contributed by atoms with Crippen molar-refractivity contribution in [3.05, 3.63) is 107 Å². The Morgan fingerprint density at radius 2 is 1.53 bits per heavy atom. The van der Waals surface area contributed by atoms with Gasteiger partial charge in [0, 0.05) is 17.1 Å². The summed E-state index contributed by atoms with van der Waals surface area (Å²) in [5.74, 6) is 0. The van der Waals surface area contributed by atoms with E-state index < -0.39 is 6.67 Å². The van der Waals surface area contributed by atoms with E-state index in [9.17, 15) is 4.39 Å². The van der Waals surface area contributed by atoms with Gasteiger partial charge in [-0.2, -0.15) is 0 Å². The molecule has 0 bridgehead atoms. The van der Waals surface area contributed by atoms with Crippen molar-refractivity contribution in [3.63, 3.8) is 0 Å². The molecule has 4 aromatic carbocycles. The van der Waals surface area contributed by atoms with Crippen LogP contribution in [0.4, 0.5) is 4.39 Å². The lowest BCUT2D eigenvalue weighted by molar-refractivity contribution is 0.485. The van der Waals surface area contributed by atoms with Gasteiger partial charge in [-0.05, 0) is 76.7 Å². The van der Waals surface area contributed by atoms with Crippen LogP contribution < -0.4 is 5.32 Å². The van der Waals surface area contributed by atoms with E-state index in [1.165, 1.54) is 16.3 Å². The number of nitrogens with one attached hydrogen (secondary N) is 1. The van der Waals surface area contributed by atoms with Crippen molar-refractivity contribution in [1.29, 1.82) is 0 Å². The Labute approximate surface area is 182 Å². The van der Waals surface area contributed by atoms with Gasteiger partial charge in [0.25, 0.3) is 0 Å². The molecule has 30 heavy (non-hydrogen) atoms. The van der Waals surface area contributed by atoms with Crippen LogP contribution in [0.5, 0.6) is 0 Å². The van der Waals surface area contributed by atoms with Gasteiger partial charge in [-0.25, -0.2) is 4.39 Å². The Balaban J connectivity index is 1.70. The molecule has 1 nitrogen and oxygen atoms in total. The summed E-state index contributed by atoms with van der Waals surface area (Å²) in [5.41, 5.74) is 5.34. The molecule has 4 aromatic rings. The molecule has 0 spiro atoms. The number of rotatable bonds is 6. The average molecular weight is 418 g/mol. The molecule has 0 radical (unpaired) electrons. The summed E-state index contributed by atoms with van der Waals surface area (Å²) in [6.07, 6.45) is 0. The van der Waals surface area contributed by atoms with Crippen LogP contribution in [-0.4, -0.2) is 0 Å². The van der Waals surface area contributed by atoms with Gasteiger partial charge in [0.2, 0.25) is 0 Å². The van der Waals surface area contributed by atoms with E-state index in [4.69, 9.17) is 11.6 Å². The van der Waals surface area contributed by atoms with Crippen molar-refractivity contribution in [2.24, 2.45) is 0 Å². The molecule has 0 aliphatic heterocycles. The van der Waals surface area contributed by atoms with Crippen molar-refractivity contribution in [1.82, 2.24) is 5.32 Å². The molecule has 1 N–H and O–H groups in total. The molecule has 2 atom stereocenters. The van der Waals surface area contributed by atoms with Crippen molar-refractivity contribution in [2.45, 2.75) is 32.6 Å². The highest BCUT2D eigenvalue weighted by Crippen LogP contribution is 2.33. The zero-order valence-electron chi connectivity index (χ0n) is 17.2. The van der Waals surface area contributed by atoms with Crippen molar-refractivity contribution < 1.29 is 4.39 Å². The van der Waals surface area contributed by atoms with Gasteiger partial charge >= 0.3 is 0 Å². The largest absolute Gasteiger partial charge is 0.304 e. The normalized spacial score (nSPS) is 13.3. The second-order valence-corrected chi connectivity index (χ2v) is 8.22. The lowest BCUT2D eigenvalue weighted by Gasteiger charge is -2.22. The van der Waals surface area contributed by atoms with Crippen LogP contribution in [-0.2, 0) is 6.67 Å². The van der Waals surface area contributed by atoms with Crippen molar-refractivity contribution >= 4 is 22.4 Å². The molecule has 0 aromatic heterocycles. The van der Waals surface area contributed by atoms with Crippen LogP contribution in [0.3, 0.4) is 0 Å². The first-order chi connectivity index (χ1) is 14.5. The number of alkyl halides is 1. The molecule has 0 aliphatic carbocycles. The Hall–Kier alpha value is -2.68. The first-order valence-corrected chi connectivity index (χ1v) is 10.6. The standard InChI is InChI=1S/C27H25ClFN/c1-18(22-7-5-8-25(28)15-22)30-19(2)24-14-23-6-3-4-9-26(23)27(16-24)21-12-10-20(17-29)11-13-21/h3-16,18-19,30H,17H2,1-2H3/t18-,19?/m1/s1. The summed E-state index contributed by atoms with van der Waals surface area (Å²) in [7, 11) is 0. The smallest absolute Gasteiger partial charge is 0.115 e. The maximum Gasteiger partial charge on any atom is 0.115 e. The summed E-state index contributed by atoms with van der Waals surface area (Å²) >= 11 is 6.17. The zero-order valence-corrected chi connectivity index (χ0v) is 18.0. The lowest BCUT2D eigenvalue weighted by Crippen LogP contribution is -2.22. The molecule has 0 saturated carbocycles. The minimum absolute atomic E-state index is 0.146. The number of hydrogen-bond acceptors (Lipinski definition) is 1. The van der Waals surface area contributed by atoms with Gasteiger partial charge in [-0.15, -0.1) is 0 Å². The predicted molar refractivity (Wildman–Crippen MR) is 126 cm³/mol.